The highest BCUT2D eigenvalue weighted by Gasteiger charge is 2.22. The van der Waals surface area contributed by atoms with Crippen LogP contribution >= 0.6 is 12.2 Å². The van der Waals surface area contributed by atoms with Crippen molar-refractivity contribution in [2.75, 3.05) is 41.3 Å². The first-order valence-corrected chi connectivity index (χ1v) is 12.0. The van der Waals surface area contributed by atoms with Crippen LogP contribution in [0.4, 0.5) is 17.6 Å². The number of anilines is 3. The molecule has 2 fully saturated rings. The van der Waals surface area contributed by atoms with Crippen LogP contribution in [-0.4, -0.2) is 41.3 Å². The summed E-state index contributed by atoms with van der Waals surface area (Å²) < 4.78 is 0. The summed E-state index contributed by atoms with van der Waals surface area (Å²) >= 11 is 5.54. The number of benzene rings is 1. The largest absolute Gasteiger partial charge is 0.358 e. The summed E-state index contributed by atoms with van der Waals surface area (Å²) in [6.07, 6.45) is 4.92. The summed E-state index contributed by atoms with van der Waals surface area (Å²) in [6.45, 7) is 9.52. The lowest BCUT2D eigenvalue weighted by Gasteiger charge is -2.34. The average Bonchev–Trinajstić information content (AvgIpc) is 2.79. The Morgan fingerprint density at radius 3 is 2.39 bits per heavy atom. The number of piperidine rings is 2. The molecule has 2 aliphatic heterocycles. The van der Waals surface area contributed by atoms with E-state index >= 15 is 0 Å². The van der Waals surface area contributed by atoms with E-state index in [0.717, 1.165) is 43.7 Å². The van der Waals surface area contributed by atoms with Crippen molar-refractivity contribution in [2.24, 2.45) is 11.8 Å². The van der Waals surface area contributed by atoms with E-state index in [4.69, 9.17) is 22.2 Å². The van der Waals surface area contributed by atoms with Gasteiger partial charge in [0, 0.05) is 38.8 Å². The Hall–Kier alpha value is -2.41. The second kappa shape index (κ2) is 10.3. The minimum Gasteiger partial charge on any atom is -0.358 e. The van der Waals surface area contributed by atoms with Gasteiger partial charge < -0.3 is 20.4 Å². The Morgan fingerprint density at radius 2 is 1.68 bits per heavy atom. The monoisotopic (exact) mass is 438 g/mol. The summed E-state index contributed by atoms with van der Waals surface area (Å²) in [4.78, 5) is 14.5. The van der Waals surface area contributed by atoms with E-state index in [1.807, 2.05) is 18.2 Å². The smallest absolute Gasteiger partial charge is 0.232 e. The molecule has 6 nitrogen and oxygen atoms in total. The van der Waals surface area contributed by atoms with Gasteiger partial charge in [-0.2, -0.15) is 9.97 Å². The number of rotatable bonds is 5. The Morgan fingerprint density at radius 1 is 0.968 bits per heavy atom. The van der Waals surface area contributed by atoms with Gasteiger partial charge >= 0.3 is 0 Å². The lowest BCUT2D eigenvalue weighted by atomic mass is 9.99. The van der Waals surface area contributed by atoms with Crippen LogP contribution in [0.15, 0.2) is 36.4 Å². The highest BCUT2D eigenvalue weighted by molar-refractivity contribution is 7.80. The van der Waals surface area contributed by atoms with Gasteiger partial charge in [0.1, 0.15) is 11.6 Å². The lowest BCUT2D eigenvalue weighted by molar-refractivity contribution is 0.435. The number of thiocarbonyl (C=S) groups is 1. The van der Waals surface area contributed by atoms with Crippen LogP contribution in [0.1, 0.15) is 45.1 Å². The standard InChI is InChI=1S/C24H34N6S/c1-18-10-13-29(14-11-18)21-15-22(30-12-6-7-19(2)17-30)27-23(26-21)28-24(31)25-16-20-8-4-3-5-9-20/h3-5,8-9,15,18-19H,6-7,10-14,16-17H2,1-2H3,(H2,25,26,27,28,31)/t19-/m0/s1. The molecular formula is C24H34N6S. The SMILES string of the molecule is CC1CCN(c2cc(N3CCC[C@H](C)C3)nc(NC(=S)NCc3ccccc3)n2)CC1. The molecule has 2 N–H and O–H groups in total. The van der Waals surface area contributed by atoms with Gasteiger partial charge in [-0.15, -0.1) is 0 Å². The molecule has 0 bridgehead atoms. The van der Waals surface area contributed by atoms with Crippen molar-refractivity contribution < 1.29 is 0 Å². The number of nitrogens with one attached hydrogen (secondary N) is 2. The predicted octanol–water partition coefficient (Wildman–Crippen LogP) is 4.44. The van der Waals surface area contributed by atoms with Crippen LogP contribution in [0, 0.1) is 11.8 Å². The normalized spacial score (nSPS) is 19.9. The van der Waals surface area contributed by atoms with E-state index in [9.17, 15) is 0 Å². The van der Waals surface area contributed by atoms with Crippen LogP contribution in [0.2, 0.25) is 0 Å². The van der Waals surface area contributed by atoms with Crippen molar-refractivity contribution in [1.29, 1.82) is 0 Å². The molecule has 0 spiro atoms. The van der Waals surface area contributed by atoms with E-state index in [0.29, 0.717) is 23.5 Å². The Labute approximate surface area is 191 Å². The van der Waals surface area contributed by atoms with Gasteiger partial charge in [-0.25, -0.2) is 0 Å². The molecule has 4 rings (SSSR count). The fourth-order valence-corrected chi connectivity index (χ4v) is 4.52. The fourth-order valence-electron chi connectivity index (χ4n) is 4.36. The zero-order chi connectivity index (χ0) is 21.6. The molecule has 3 heterocycles. The van der Waals surface area contributed by atoms with Gasteiger partial charge in [0.2, 0.25) is 5.95 Å². The van der Waals surface area contributed by atoms with Crippen molar-refractivity contribution >= 4 is 34.9 Å². The molecule has 166 valence electrons. The molecule has 0 aliphatic carbocycles. The second-order valence-corrected chi connectivity index (χ2v) is 9.47. The summed E-state index contributed by atoms with van der Waals surface area (Å²) in [5, 5.41) is 7.05. The highest BCUT2D eigenvalue weighted by atomic mass is 32.1. The number of nitrogens with zero attached hydrogens (tertiary/aromatic N) is 4. The van der Waals surface area contributed by atoms with Crippen LogP contribution < -0.4 is 20.4 Å². The van der Waals surface area contributed by atoms with E-state index < -0.39 is 0 Å². The van der Waals surface area contributed by atoms with Crippen molar-refractivity contribution in [2.45, 2.75) is 46.1 Å². The second-order valence-electron chi connectivity index (χ2n) is 9.06. The Balaban J connectivity index is 1.50. The maximum absolute atomic E-state index is 5.54. The molecule has 1 aromatic carbocycles. The summed E-state index contributed by atoms with van der Waals surface area (Å²) in [7, 11) is 0. The van der Waals surface area contributed by atoms with Gasteiger partial charge in [0.15, 0.2) is 5.11 Å². The molecule has 31 heavy (non-hydrogen) atoms. The van der Waals surface area contributed by atoms with E-state index in [-0.39, 0.29) is 0 Å². The molecule has 1 atom stereocenters. The molecule has 0 unspecified atom stereocenters. The first kappa shape index (κ1) is 21.8. The quantitative estimate of drug-likeness (QED) is 0.670. The Kier molecular flexibility index (Phi) is 7.22. The van der Waals surface area contributed by atoms with Gasteiger partial charge in [-0.1, -0.05) is 44.2 Å². The number of hydrogen-bond acceptors (Lipinski definition) is 5. The minimum absolute atomic E-state index is 0.547. The van der Waals surface area contributed by atoms with Crippen LogP contribution in [0.3, 0.4) is 0 Å². The van der Waals surface area contributed by atoms with Crippen LogP contribution in [0.25, 0.3) is 0 Å². The molecule has 2 aromatic rings. The number of aromatic nitrogens is 2. The first-order valence-electron chi connectivity index (χ1n) is 11.5. The Bertz CT molecular complexity index is 866. The molecule has 0 saturated carbocycles. The third-order valence-electron chi connectivity index (χ3n) is 6.31. The maximum atomic E-state index is 5.54. The van der Waals surface area contributed by atoms with Gasteiger partial charge in [0.25, 0.3) is 0 Å². The lowest BCUT2D eigenvalue weighted by Crippen LogP contribution is -2.37. The van der Waals surface area contributed by atoms with E-state index in [1.54, 1.807) is 0 Å². The molecule has 0 amide bonds. The maximum Gasteiger partial charge on any atom is 0.232 e. The average molecular weight is 439 g/mol. The fraction of sp³-hybridized carbons (Fsp3) is 0.542. The molecular weight excluding hydrogens is 404 g/mol. The molecule has 0 radical (unpaired) electrons. The summed E-state index contributed by atoms with van der Waals surface area (Å²) in [6, 6.07) is 12.4. The van der Waals surface area contributed by atoms with Gasteiger partial charge in [-0.3, -0.25) is 0 Å². The van der Waals surface area contributed by atoms with Crippen LogP contribution in [-0.2, 0) is 6.54 Å². The highest BCUT2D eigenvalue weighted by Crippen LogP contribution is 2.28. The first-order chi connectivity index (χ1) is 15.1. The molecule has 2 saturated heterocycles. The van der Waals surface area contributed by atoms with Crippen molar-refractivity contribution in [1.82, 2.24) is 15.3 Å². The zero-order valence-corrected chi connectivity index (χ0v) is 19.5. The van der Waals surface area contributed by atoms with Crippen molar-refractivity contribution in [3.63, 3.8) is 0 Å². The summed E-state index contributed by atoms with van der Waals surface area (Å²) in [5.41, 5.74) is 1.19. The van der Waals surface area contributed by atoms with E-state index in [1.165, 1.54) is 31.2 Å². The summed E-state index contributed by atoms with van der Waals surface area (Å²) in [5.74, 6) is 4.06. The third kappa shape index (κ3) is 6.06. The van der Waals surface area contributed by atoms with Gasteiger partial charge in [-0.05, 0) is 55.3 Å². The topological polar surface area (TPSA) is 56.3 Å². The zero-order valence-electron chi connectivity index (χ0n) is 18.7. The van der Waals surface area contributed by atoms with Crippen molar-refractivity contribution in [3.8, 4) is 0 Å². The number of hydrogen-bond donors (Lipinski definition) is 2. The van der Waals surface area contributed by atoms with Gasteiger partial charge in [0.05, 0.1) is 0 Å². The van der Waals surface area contributed by atoms with Crippen molar-refractivity contribution in [3.05, 3.63) is 42.0 Å². The minimum atomic E-state index is 0.547. The molecule has 2 aliphatic rings. The molecule has 7 heteroatoms. The van der Waals surface area contributed by atoms with E-state index in [2.05, 4.69) is 52.5 Å². The third-order valence-corrected chi connectivity index (χ3v) is 6.56. The predicted molar refractivity (Wildman–Crippen MR) is 133 cm³/mol. The molecule has 1 aromatic heterocycles. The van der Waals surface area contributed by atoms with Crippen LogP contribution in [0.5, 0.6) is 0 Å².